The number of carbonyl (C=O) groups excluding carboxylic acids is 2. The van der Waals surface area contributed by atoms with Gasteiger partial charge in [0.1, 0.15) is 6.10 Å². The number of nitrogens with one attached hydrogen (secondary N) is 2. The van der Waals surface area contributed by atoms with Crippen molar-refractivity contribution in [1.82, 2.24) is 9.97 Å². The molecule has 2 aromatic carbocycles. The molecular formula is C31H38N4O4. The highest BCUT2D eigenvalue weighted by atomic mass is 16.5. The molecule has 8 heteroatoms. The first kappa shape index (κ1) is 25.9. The fraction of sp³-hybridized carbons (Fsp3) is 0.516. The Hall–Kier alpha value is -3.39. The molecule has 1 saturated carbocycles. The summed E-state index contributed by atoms with van der Waals surface area (Å²) in [5.74, 6) is -0.0535. The Morgan fingerprint density at radius 1 is 0.897 bits per heavy atom. The van der Waals surface area contributed by atoms with Crippen LogP contribution in [0.3, 0.4) is 0 Å². The molecule has 2 fully saturated rings. The molecule has 39 heavy (non-hydrogen) atoms. The lowest BCUT2D eigenvalue weighted by molar-refractivity contribution is -0.127. The van der Waals surface area contributed by atoms with E-state index in [9.17, 15) is 14.4 Å². The monoisotopic (exact) mass is 530 g/mol. The van der Waals surface area contributed by atoms with Crippen LogP contribution in [-0.2, 0) is 14.3 Å². The predicted octanol–water partition coefficient (Wildman–Crippen LogP) is 5.52. The van der Waals surface area contributed by atoms with Crippen molar-refractivity contribution in [3.63, 3.8) is 0 Å². The van der Waals surface area contributed by atoms with Gasteiger partial charge in [0, 0.05) is 13.5 Å². The molecule has 3 aromatic rings. The van der Waals surface area contributed by atoms with Gasteiger partial charge in [-0.15, -0.1) is 0 Å². The second-order valence-corrected chi connectivity index (χ2v) is 11.9. The van der Waals surface area contributed by atoms with Gasteiger partial charge in [0.05, 0.1) is 35.1 Å². The van der Waals surface area contributed by atoms with Gasteiger partial charge in [-0.05, 0) is 67.0 Å². The third-order valence-corrected chi connectivity index (χ3v) is 9.02. The van der Waals surface area contributed by atoms with Crippen LogP contribution in [0.15, 0.2) is 41.2 Å². The van der Waals surface area contributed by atoms with E-state index in [-0.39, 0.29) is 29.0 Å². The van der Waals surface area contributed by atoms with Gasteiger partial charge < -0.3 is 24.5 Å². The second-order valence-electron chi connectivity index (χ2n) is 11.9. The number of fused-ring (bicyclic) bond motifs is 2. The number of ether oxygens (including phenoxy) is 1. The molecule has 6 rings (SSSR count). The van der Waals surface area contributed by atoms with Crippen molar-refractivity contribution >= 4 is 34.2 Å². The zero-order chi connectivity index (χ0) is 27.1. The minimum absolute atomic E-state index is 0.00869. The Balaban J connectivity index is 1.33. The van der Waals surface area contributed by atoms with Gasteiger partial charge in [-0.3, -0.25) is 9.59 Å². The number of hydrogen-bond acceptors (Lipinski definition) is 4. The van der Waals surface area contributed by atoms with Crippen LogP contribution in [0.4, 0.5) is 11.4 Å². The molecule has 1 saturated heterocycles. The van der Waals surface area contributed by atoms with Gasteiger partial charge in [-0.2, -0.15) is 0 Å². The number of nitrogens with zero attached hydrogens (tertiary/aromatic N) is 2. The summed E-state index contributed by atoms with van der Waals surface area (Å²) >= 11 is 0. The maximum Gasteiger partial charge on any atom is 0.323 e. The summed E-state index contributed by atoms with van der Waals surface area (Å²) in [6, 6.07) is 11.5. The highest BCUT2D eigenvalue weighted by Crippen LogP contribution is 2.45. The molecule has 3 heterocycles. The topological polar surface area (TPSA) is 98.5 Å². The SMILES string of the molecule is CC(=O)N1c2ccc(-c3ccc4[nH]c(=O)[nH]c4c3)cc2N(C(=O)C2CC3(CCCCCCCC3)CO2)C[C@@H]1C. The van der Waals surface area contributed by atoms with Crippen molar-refractivity contribution in [3.8, 4) is 11.1 Å². The molecular weight excluding hydrogens is 492 g/mol. The molecule has 1 unspecified atom stereocenters. The standard InChI is InChI=1S/C31H38N4O4/c1-20-18-34(29(37)28-17-31(19-39-28)13-7-5-3-4-6-8-14-31)27-16-23(10-12-26(27)35(20)21(2)36)22-9-11-24-25(15-22)33-30(38)32-24/h9-12,15-16,20,28H,3-8,13-14,17-19H2,1-2H3,(H2,32,33,38)/t20-,28?/m0/s1. The number of aromatic amines is 2. The number of amides is 2. The number of H-pyrrole nitrogens is 2. The van der Waals surface area contributed by atoms with Crippen molar-refractivity contribution in [3.05, 3.63) is 46.9 Å². The first-order valence-electron chi connectivity index (χ1n) is 14.4. The van der Waals surface area contributed by atoms with Crippen molar-refractivity contribution in [2.45, 2.75) is 83.8 Å². The lowest BCUT2D eigenvalue weighted by atomic mass is 9.76. The first-order chi connectivity index (χ1) is 18.8. The number of hydrogen-bond donors (Lipinski definition) is 2. The Morgan fingerprint density at radius 2 is 1.56 bits per heavy atom. The third-order valence-electron chi connectivity index (χ3n) is 9.02. The number of carbonyl (C=O) groups is 2. The van der Waals surface area contributed by atoms with Crippen molar-refractivity contribution < 1.29 is 14.3 Å². The third kappa shape index (κ3) is 4.91. The lowest BCUT2D eigenvalue weighted by Gasteiger charge is -2.41. The zero-order valence-corrected chi connectivity index (χ0v) is 22.9. The number of rotatable bonds is 2. The molecule has 2 amide bonds. The molecule has 2 N–H and O–H groups in total. The fourth-order valence-electron chi connectivity index (χ4n) is 7.01. The summed E-state index contributed by atoms with van der Waals surface area (Å²) in [6.07, 6.45) is 10.2. The molecule has 2 atom stereocenters. The Morgan fingerprint density at radius 3 is 2.31 bits per heavy atom. The highest BCUT2D eigenvalue weighted by molar-refractivity contribution is 6.06. The van der Waals surface area contributed by atoms with E-state index < -0.39 is 6.10 Å². The minimum Gasteiger partial charge on any atom is -0.368 e. The molecule has 1 aromatic heterocycles. The average molecular weight is 531 g/mol. The highest BCUT2D eigenvalue weighted by Gasteiger charge is 2.45. The van der Waals surface area contributed by atoms with E-state index in [4.69, 9.17) is 4.74 Å². The quantitative estimate of drug-likeness (QED) is 0.456. The predicted molar refractivity (Wildman–Crippen MR) is 153 cm³/mol. The molecule has 0 bridgehead atoms. The van der Waals surface area contributed by atoms with Gasteiger partial charge >= 0.3 is 5.69 Å². The van der Waals surface area contributed by atoms with E-state index in [0.29, 0.717) is 13.2 Å². The number of benzene rings is 2. The minimum atomic E-state index is -0.459. The Bertz CT molecular complexity index is 1450. The normalized spacial score (nSPS) is 23.3. The van der Waals surface area contributed by atoms with E-state index in [0.717, 1.165) is 52.8 Å². The van der Waals surface area contributed by atoms with Crippen LogP contribution in [-0.4, -0.2) is 47.1 Å². The van der Waals surface area contributed by atoms with E-state index in [1.807, 2.05) is 48.2 Å². The summed E-state index contributed by atoms with van der Waals surface area (Å²) in [5, 5.41) is 0. The van der Waals surface area contributed by atoms with Crippen LogP contribution in [0.25, 0.3) is 22.2 Å². The van der Waals surface area contributed by atoms with Crippen molar-refractivity contribution in [1.29, 1.82) is 0 Å². The average Bonchev–Trinajstić information content (AvgIpc) is 3.53. The van der Waals surface area contributed by atoms with Gasteiger partial charge in [-0.25, -0.2) is 4.79 Å². The zero-order valence-electron chi connectivity index (χ0n) is 22.9. The lowest BCUT2D eigenvalue weighted by Crippen LogP contribution is -2.53. The molecule has 0 radical (unpaired) electrons. The molecule has 8 nitrogen and oxygen atoms in total. The fourth-order valence-corrected chi connectivity index (χ4v) is 7.01. The summed E-state index contributed by atoms with van der Waals surface area (Å²) < 4.78 is 6.28. The van der Waals surface area contributed by atoms with Gasteiger partial charge in [-0.1, -0.05) is 50.7 Å². The van der Waals surface area contributed by atoms with Crippen LogP contribution in [0, 0.1) is 5.41 Å². The van der Waals surface area contributed by atoms with Gasteiger partial charge in [0.15, 0.2) is 0 Å². The number of anilines is 2. The van der Waals surface area contributed by atoms with Crippen LogP contribution < -0.4 is 15.5 Å². The molecule has 1 spiro atoms. The largest absolute Gasteiger partial charge is 0.368 e. The molecule has 206 valence electrons. The van der Waals surface area contributed by atoms with E-state index >= 15 is 0 Å². The van der Waals surface area contributed by atoms with Crippen molar-refractivity contribution in [2.75, 3.05) is 23.0 Å². The summed E-state index contributed by atoms with van der Waals surface area (Å²) in [4.78, 5) is 47.8. The second kappa shape index (κ2) is 10.3. The van der Waals surface area contributed by atoms with E-state index in [1.54, 1.807) is 11.8 Å². The molecule has 1 aliphatic carbocycles. The maximum atomic E-state index is 14.1. The van der Waals surface area contributed by atoms with Gasteiger partial charge in [0.2, 0.25) is 5.91 Å². The van der Waals surface area contributed by atoms with Crippen LogP contribution in [0.1, 0.15) is 71.6 Å². The maximum absolute atomic E-state index is 14.1. The summed E-state index contributed by atoms with van der Waals surface area (Å²) in [5.41, 5.74) is 4.62. The Labute approximate surface area is 228 Å². The van der Waals surface area contributed by atoms with Crippen LogP contribution in [0.5, 0.6) is 0 Å². The Kier molecular flexibility index (Phi) is 6.83. The smallest absolute Gasteiger partial charge is 0.323 e. The van der Waals surface area contributed by atoms with E-state index in [1.165, 1.54) is 38.5 Å². The van der Waals surface area contributed by atoms with E-state index in [2.05, 4.69) is 9.97 Å². The van der Waals surface area contributed by atoms with Crippen molar-refractivity contribution in [2.24, 2.45) is 5.41 Å². The summed E-state index contributed by atoms with van der Waals surface area (Å²) in [7, 11) is 0. The van der Waals surface area contributed by atoms with Crippen LogP contribution in [0.2, 0.25) is 0 Å². The number of imidazole rings is 1. The number of aromatic nitrogens is 2. The van der Waals surface area contributed by atoms with Crippen LogP contribution >= 0.6 is 0 Å². The van der Waals surface area contributed by atoms with Gasteiger partial charge in [0.25, 0.3) is 5.91 Å². The molecule has 2 aliphatic heterocycles. The first-order valence-corrected chi connectivity index (χ1v) is 14.4. The molecule has 3 aliphatic rings. The summed E-state index contributed by atoms with van der Waals surface area (Å²) in [6.45, 7) is 4.65.